The molecule has 1 aromatic carbocycles. The second-order valence-corrected chi connectivity index (χ2v) is 6.19. The van der Waals surface area contributed by atoms with E-state index in [2.05, 4.69) is 4.98 Å². The molecule has 1 aromatic heterocycles. The number of fused-ring (bicyclic) bond motifs is 1. The number of rotatable bonds is 2. The third kappa shape index (κ3) is 2.69. The summed E-state index contributed by atoms with van der Waals surface area (Å²) in [4.78, 5) is 19.5. The average molecular weight is 308 g/mol. The summed E-state index contributed by atoms with van der Waals surface area (Å²) in [6.45, 7) is 1.51. The van der Waals surface area contributed by atoms with E-state index in [0.29, 0.717) is 6.61 Å². The van der Waals surface area contributed by atoms with Crippen LogP contribution in [0.1, 0.15) is 46.9 Å². The van der Waals surface area contributed by atoms with Crippen LogP contribution in [0, 0.1) is 0 Å². The molecule has 0 saturated carbocycles. The molecule has 2 aliphatic rings. The zero-order valence-corrected chi connectivity index (χ0v) is 13.1. The first-order chi connectivity index (χ1) is 11.3. The molecule has 2 aromatic rings. The molecule has 4 nitrogen and oxygen atoms in total. The molecule has 4 rings (SSSR count). The Morgan fingerprint density at radius 3 is 3.04 bits per heavy atom. The van der Waals surface area contributed by atoms with Crippen molar-refractivity contribution >= 4 is 5.91 Å². The Hall–Kier alpha value is -2.36. The number of hydrogen-bond donors (Lipinski definition) is 0. The van der Waals surface area contributed by atoms with Gasteiger partial charge in [-0.15, -0.1) is 0 Å². The lowest BCUT2D eigenvalue weighted by Crippen LogP contribution is -2.38. The van der Waals surface area contributed by atoms with E-state index in [9.17, 15) is 4.79 Å². The fourth-order valence-corrected chi connectivity index (χ4v) is 3.54. The minimum Gasteiger partial charge on any atom is -0.493 e. The SMILES string of the molecule is O=C(c1ccc2c(c1)CCO2)N1CCCC[C@@H]1c1ccccn1. The molecule has 23 heavy (non-hydrogen) atoms. The maximum absolute atomic E-state index is 13.0. The molecule has 1 saturated heterocycles. The topological polar surface area (TPSA) is 42.4 Å². The number of pyridine rings is 1. The van der Waals surface area contributed by atoms with Gasteiger partial charge in [0.25, 0.3) is 5.91 Å². The van der Waals surface area contributed by atoms with Crippen molar-refractivity contribution < 1.29 is 9.53 Å². The lowest BCUT2D eigenvalue weighted by molar-refractivity contribution is 0.0606. The van der Waals surface area contributed by atoms with Gasteiger partial charge in [-0.05, 0) is 55.2 Å². The van der Waals surface area contributed by atoms with Crippen molar-refractivity contribution in [3.05, 3.63) is 59.4 Å². The van der Waals surface area contributed by atoms with Gasteiger partial charge in [-0.3, -0.25) is 9.78 Å². The lowest BCUT2D eigenvalue weighted by Gasteiger charge is -2.35. The summed E-state index contributed by atoms with van der Waals surface area (Å²) < 4.78 is 5.53. The number of carbonyl (C=O) groups excluding carboxylic acids is 1. The van der Waals surface area contributed by atoms with Gasteiger partial charge in [0.05, 0.1) is 18.3 Å². The molecule has 1 amide bonds. The van der Waals surface area contributed by atoms with E-state index in [-0.39, 0.29) is 11.9 Å². The minimum atomic E-state index is 0.0851. The highest BCUT2D eigenvalue weighted by Crippen LogP contribution is 2.32. The maximum Gasteiger partial charge on any atom is 0.254 e. The van der Waals surface area contributed by atoms with E-state index < -0.39 is 0 Å². The van der Waals surface area contributed by atoms with Gasteiger partial charge in [0, 0.05) is 24.7 Å². The van der Waals surface area contributed by atoms with Crippen LogP contribution in [0.15, 0.2) is 42.6 Å². The van der Waals surface area contributed by atoms with Crippen LogP contribution in [-0.4, -0.2) is 28.9 Å². The van der Waals surface area contributed by atoms with E-state index in [1.165, 1.54) is 0 Å². The molecule has 1 fully saturated rings. The summed E-state index contributed by atoms with van der Waals surface area (Å²) in [5.41, 5.74) is 2.89. The number of carbonyl (C=O) groups is 1. The zero-order chi connectivity index (χ0) is 15.6. The highest BCUT2D eigenvalue weighted by atomic mass is 16.5. The molecule has 4 heteroatoms. The fourth-order valence-electron chi connectivity index (χ4n) is 3.54. The van der Waals surface area contributed by atoms with Gasteiger partial charge in [0.15, 0.2) is 0 Å². The first-order valence-corrected chi connectivity index (χ1v) is 8.30. The van der Waals surface area contributed by atoms with Crippen molar-refractivity contribution in [1.82, 2.24) is 9.88 Å². The Bertz CT molecular complexity index is 715. The predicted molar refractivity (Wildman–Crippen MR) is 87.5 cm³/mol. The summed E-state index contributed by atoms with van der Waals surface area (Å²) in [5, 5.41) is 0. The monoisotopic (exact) mass is 308 g/mol. The third-order valence-electron chi connectivity index (χ3n) is 4.73. The van der Waals surface area contributed by atoms with Crippen LogP contribution in [0.2, 0.25) is 0 Å². The Morgan fingerprint density at radius 2 is 2.17 bits per heavy atom. The zero-order valence-electron chi connectivity index (χ0n) is 13.1. The number of amides is 1. The van der Waals surface area contributed by atoms with Crippen LogP contribution in [0.3, 0.4) is 0 Å². The summed E-state index contributed by atoms with van der Waals surface area (Å²) in [6, 6.07) is 11.8. The van der Waals surface area contributed by atoms with E-state index in [4.69, 9.17) is 4.74 Å². The molecule has 0 aliphatic carbocycles. The molecule has 118 valence electrons. The molecular weight excluding hydrogens is 288 g/mol. The first-order valence-electron chi connectivity index (χ1n) is 8.30. The largest absolute Gasteiger partial charge is 0.493 e. The first kappa shape index (κ1) is 14.2. The van der Waals surface area contributed by atoms with Crippen LogP contribution in [-0.2, 0) is 6.42 Å². The van der Waals surface area contributed by atoms with Crippen LogP contribution in [0.25, 0.3) is 0 Å². The van der Waals surface area contributed by atoms with Crippen molar-refractivity contribution in [2.45, 2.75) is 31.7 Å². The second-order valence-electron chi connectivity index (χ2n) is 6.19. The van der Waals surface area contributed by atoms with E-state index in [0.717, 1.165) is 54.8 Å². The molecule has 1 atom stereocenters. The van der Waals surface area contributed by atoms with Gasteiger partial charge in [-0.2, -0.15) is 0 Å². The van der Waals surface area contributed by atoms with Gasteiger partial charge in [0.1, 0.15) is 5.75 Å². The number of likely N-dealkylation sites (tertiary alicyclic amines) is 1. The number of benzene rings is 1. The molecule has 3 heterocycles. The van der Waals surface area contributed by atoms with Gasteiger partial charge >= 0.3 is 0 Å². The van der Waals surface area contributed by atoms with Gasteiger partial charge in [0.2, 0.25) is 0 Å². The molecule has 0 unspecified atom stereocenters. The normalized spacial score (nSPS) is 20.0. The smallest absolute Gasteiger partial charge is 0.254 e. The molecule has 0 spiro atoms. The molecule has 0 N–H and O–H groups in total. The van der Waals surface area contributed by atoms with Gasteiger partial charge in [-0.25, -0.2) is 0 Å². The van der Waals surface area contributed by atoms with Crippen molar-refractivity contribution in [2.24, 2.45) is 0 Å². The molecule has 2 aliphatic heterocycles. The highest BCUT2D eigenvalue weighted by Gasteiger charge is 2.30. The van der Waals surface area contributed by atoms with E-state index >= 15 is 0 Å². The van der Waals surface area contributed by atoms with E-state index in [1.807, 2.05) is 41.3 Å². The van der Waals surface area contributed by atoms with Crippen molar-refractivity contribution in [3.8, 4) is 5.75 Å². The van der Waals surface area contributed by atoms with E-state index in [1.54, 1.807) is 6.20 Å². The summed E-state index contributed by atoms with van der Waals surface area (Å²) >= 11 is 0. The molecular formula is C19H20N2O2. The summed E-state index contributed by atoms with van der Waals surface area (Å²) in [7, 11) is 0. The third-order valence-corrected chi connectivity index (χ3v) is 4.73. The lowest BCUT2D eigenvalue weighted by atomic mass is 9.97. The fraction of sp³-hybridized carbons (Fsp3) is 0.368. The second kappa shape index (κ2) is 6.03. The van der Waals surface area contributed by atoms with Crippen molar-refractivity contribution in [3.63, 3.8) is 0 Å². The maximum atomic E-state index is 13.0. The number of ether oxygens (including phenoxy) is 1. The van der Waals surface area contributed by atoms with Gasteiger partial charge in [-0.1, -0.05) is 6.07 Å². The Balaban J connectivity index is 1.63. The number of hydrogen-bond acceptors (Lipinski definition) is 3. The van der Waals surface area contributed by atoms with Crippen LogP contribution in [0.4, 0.5) is 0 Å². The van der Waals surface area contributed by atoms with Crippen LogP contribution < -0.4 is 4.74 Å². The standard InChI is InChI=1S/C19H20N2O2/c22-19(15-7-8-18-14(13-15)9-12-23-18)21-11-4-2-6-17(21)16-5-1-3-10-20-16/h1,3,5,7-8,10,13,17H,2,4,6,9,11-12H2/t17-/m1/s1. The number of aromatic nitrogens is 1. The van der Waals surface area contributed by atoms with Crippen LogP contribution >= 0.6 is 0 Å². The van der Waals surface area contributed by atoms with Crippen molar-refractivity contribution in [1.29, 1.82) is 0 Å². The number of piperidine rings is 1. The Kier molecular flexibility index (Phi) is 3.74. The predicted octanol–water partition coefficient (Wildman–Crippen LogP) is 3.38. The summed E-state index contributed by atoms with van der Waals surface area (Å²) in [6.07, 6.45) is 5.88. The van der Waals surface area contributed by atoms with Crippen LogP contribution in [0.5, 0.6) is 5.75 Å². The molecule has 0 radical (unpaired) electrons. The minimum absolute atomic E-state index is 0.0851. The highest BCUT2D eigenvalue weighted by molar-refractivity contribution is 5.95. The average Bonchev–Trinajstić information content (AvgIpc) is 3.09. The Morgan fingerprint density at radius 1 is 1.22 bits per heavy atom. The Labute approximate surface area is 136 Å². The van der Waals surface area contributed by atoms with Crippen molar-refractivity contribution in [2.75, 3.05) is 13.2 Å². The quantitative estimate of drug-likeness (QED) is 0.854. The molecule has 0 bridgehead atoms. The summed E-state index contributed by atoms with van der Waals surface area (Å²) in [5.74, 6) is 1.02. The number of nitrogens with zero attached hydrogens (tertiary/aromatic N) is 2. The van der Waals surface area contributed by atoms with Gasteiger partial charge < -0.3 is 9.64 Å².